The van der Waals surface area contributed by atoms with E-state index in [0.717, 1.165) is 13.0 Å². The van der Waals surface area contributed by atoms with Gasteiger partial charge >= 0.3 is 0 Å². The van der Waals surface area contributed by atoms with E-state index in [2.05, 4.69) is 6.92 Å². The molecule has 0 aromatic carbocycles. The van der Waals surface area contributed by atoms with E-state index in [9.17, 15) is 5.11 Å². The molecule has 0 radical (unpaired) electrons. The van der Waals surface area contributed by atoms with Crippen LogP contribution in [0.25, 0.3) is 0 Å². The summed E-state index contributed by atoms with van der Waals surface area (Å²) in [5.74, 6) is 0.227. The molecular weight excluding hydrogens is 244 g/mol. The summed E-state index contributed by atoms with van der Waals surface area (Å²) in [4.78, 5) is 0. The van der Waals surface area contributed by atoms with Gasteiger partial charge in [-0.05, 0) is 6.42 Å². The molecule has 0 aromatic heterocycles. The summed E-state index contributed by atoms with van der Waals surface area (Å²) in [6, 6.07) is 0. The van der Waals surface area contributed by atoms with Crippen LogP contribution in [0.2, 0.25) is 0 Å². The molecule has 0 aromatic rings. The first-order valence-corrected chi connectivity index (χ1v) is 7.60. The van der Waals surface area contributed by atoms with Gasteiger partial charge in [0.05, 0.1) is 19.3 Å². The molecular formula is C15H30O4. The monoisotopic (exact) mass is 274 g/mol. The van der Waals surface area contributed by atoms with Gasteiger partial charge in [0, 0.05) is 19.6 Å². The maximum atomic E-state index is 10.1. The van der Waals surface area contributed by atoms with Crippen molar-refractivity contribution in [1.82, 2.24) is 0 Å². The number of ether oxygens (including phenoxy) is 3. The normalized spacial score (nSPS) is 31.6. The van der Waals surface area contributed by atoms with Gasteiger partial charge in [0.25, 0.3) is 0 Å². The van der Waals surface area contributed by atoms with Gasteiger partial charge in [-0.25, -0.2) is 0 Å². The van der Waals surface area contributed by atoms with E-state index in [0.29, 0.717) is 13.2 Å². The molecule has 1 fully saturated rings. The Morgan fingerprint density at radius 3 is 2.63 bits per heavy atom. The molecule has 0 spiro atoms. The van der Waals surface area contributed by atoms with E-state index in [4.69, 9.17) is 14.2 Å². The van der Waals surface area contributed by atoms with Crippen molar-refractivity contribution in [3.05, 3.63) is 0 Å². The number of hydrogen-bond donors (Lipinski definition) is 1. The molecule has 0 aliphatic carbocycles. The fraction of sp³-hybridized carbons (Fsp3) is 1.00. The minimum Gasteiger partial charge on any atom is -0.388 e. The summed E-state index contributed by atoms with van der Waals surface area (Å²) in [6.07, 6.45) is 5.17. The van der Waals surface area contributed by atoms with Crippen molar-refractivity contribution < 1.29 is 19.3 Å². The summed E-state index contributed by atoms with van der Waals surface area (Å²) < 4.78 is 16.6. The number of hydrogen-bond acceptors (Lipinski definition) is 4. The lowest BCUT2D eigenvalue weighted by molar-refractivity contribution is -0.185. The third-order valence-corrected chi connectivity index (χ3v) is 3.80. The van der Waals surface area contributed by atoms with E-state index in [1.54, 1.807) is 7.11 Å². The minimum absolute atomic E-state index is 0.146. The maximum absolute atomic E-state index is 10.1. The van der Waals surface area contributed by atoms with Crippen molar-refractivity contribution in [3.8, 4) is 0 Å². The van der Waals surface area contributed by atoms with Gasteiger partial charge in [-0.3, -0.25) is 0 Å². The molecule has 4 atom stereocenters. The molecule has 4 heteroatoms. The van der Waals surface area contributed by atoms with Crippen LogP contribution >= 0.6 is 0 Å². The van der Waals surface area contributed by atoms with Gasteiger partial charge < -0.3 is 19.3 Å². The third-order valence-electron chi connectivity index (χ3n) is 3.80. The highest BCUT2D eigenvalue weighted by Gasteiger charge is 2.37. The number of rotatable bonds is 9. The number of unbranched alkanes of at least 4 members (excludes halogenated alkanes) is 4. The van der Waals surface area contributed by atoms with Crippen molar-refractivity contribution in [2.75, 3.05) is 26.9 Å². The largest absolute Gasteiger partial charge is 0.388 e. The summed E-state index contributed by atoms with van der Waals surface area (Å²) in [5.41, 5.74) is 0. The Morgan fingerprint density at radius 1 is 1.21 bits per heavy atom. The van der Waals surface area contributed by atoms with Crippen LogP contribution in [0.1, 0.15) is 46.0 Å². The second-order valence-corrected chi connectivity index (χ2v) is 5.53. The van der Waals surface area contributed by atoms with Gasteiger partial charge in [-0.1, -0.05) is 39.5 Å². The highest BCUT2D eigenvalue weighted by atomic mass is 16.6. The first-order chi connectivity index (χ1) is 9.20. The predicted molar refractivity (Wildman–Crippen MR) is 75.3 cm³/mol. The third kappa shape index (κ3) is 5.78. The number of methoxy groups -OCH3 is 1. The smallest absolute Gasteiger partial charge is 0.109 e. The summed E-state index contributed by atoms with van der Waals surface area (Å²) >= 11 is 0. The zero-order valence-electron chi connectivity index (χ0n) is 12.6. The topological polar surface area (TPSA) is 47.9 Å². The van der Waals surface area contributed by atoms with Gasteiger partial charge in [-0.2, -0.15) is 0 Å². The Labute approximate surface area is 117 Å². The van der Waals surface area contributed by atoms with E-state index in [-0.39, 0.29) is 18.1 Å². The fourth-order valence-electron chi connectivity index (χ4n) is 2.54. The predicted octanol–water partition coefficient (Wildman–Crippen LogP) is 2.38. The van der Waals surface area contributed by atoms with Crippen LogP contribution in [-0.2, 0) is 14.2 Å². The first-order valence-electron chi connectivity index (χ1n) is 7.60. The first kappa shape index (κ1) is 16.9. The van der Waals surface area contributed by atoms with Crippen LogP contribution in [0.15, 0.2) is 0 Å². The molecule has 1 aliphatic heterocycles. The molecule has 4 nitrogen and oxygen atoms in total. The summed E-state index contributed by atoms with van der Waals surface area (Å²) in [7, 11) is 1.64. The summed E-state index contributed by atoms with van der Waals surface area (Å²) in [6.45, 7) is 6.08. The molecule has 0 amide bonds. The van der Waals surface area contributed by atoms with Crippen LogP contribution in [0.4, 0.5) is 0 Å². The highest BCUT2D eigenvalue weighted by molar-refractivity contribution is 4.85. The Hall–Kier alpha value is -0.160. The van der Waals surface area contributed by atoms with Crippen molar-refractivity contribution in [3.63, 3.8) is 0 Å². The van der Waals surface area contributed by atoms with Gasteiger partial charge in [0.15, 0.2) is 0 Å². The molecule has 114 valence electrons. The van der Waals surface area contributed by atoms with Crippen molar-refractivity contribution in [2.24, 2.45) is 5.92 Å². The summed E-state index contributed by atoms with van der Waals surface area (Å²) in [5, 5.41) is 10.1. The van der Waals surface area contributed by atoms with Crippen LogP contribution in [0.5, 0.6) is 0 Å². The molecule has 19 heavy (non-hydrogen) atoms. The van der Waals surface area contributed by atoms with Gasteiger partial charge in [0.1, 0.15) is 12.2 Å². The van der Waals surface area contributed by atoms with Crippen LogP contribution in [0.3, 0.4) is 0 Å². The molecule has 4 unspecified atom stereocenters. The van der Waals surface area contributed by atoms with E-state index < -0.39 is 6.10 Å². The zero-order chi connectivity index (χ0) is 14.1. The lowest BCUT2D eigenvalue weighted by Crippen LogP contribution is -2.51. The number of aliphatic hydroxyl groups is 1. The Morgan fingerprint density at radius 2 is 1.95 bits per heavy atom. The van der Waals surface area contributed by atoms with Crippen LogP contribution < -0.4 is 0 Å². The van der Waals surface area contributed by atoms with E-state index in [1.807, 2.05) is 6.92 Å². The molecule has 1 N–H and O–H groups in total. The van der Waals surface area contributed by atoms with Gasteiger partial charge in [0.2, 0.25) is 0 Å². The van der Waals surface area contributed by atoms with E-state index in [1.165, 1.54) is 25.7 Å². The van der Waals surface area contributed by atoms with E-state index >= 15 is 0 Å². The quantitative estimate of drug-likeness (QED) is 0.656. The fourth-order valence-corrected chi connectivity index (χ4v) is 2.54. The molecule has 1 heterocycles. The average molecular weight is 274 g/mol. The minimum atomic E-state index is -0.589. The molecule has 1 saturated heterocycles. The highest BCUT2D eigenvalue weighted by Crippen LogP contribution is 2.22. The Kier molecular flexibility index (Phi) is 8.62. The second-order valence-electron chi connectivity index (χ2n) is 5.53. The zero-order valence-corrected chi connectivity index (χ0v) is 12.6. The molecule has 1 aliphatic rings. The number of aliphatic hydroxyl groups excluding tert-OH is 1. The maximum Gasteiger partial charge on any atom is 0.109 e. The Bertz CT molecular complexity index is 222. The average Bonchev–Trinajstić information content (AvgIpc) is 2.40. The SMILES string of the molecule is CCCCCCCOCC1OCC(C)C(OC)C1O. The Balaban J connectivity index is 2.12. The molecule has 0 saturated carbocycles. The lowest BCUT2D eigenvalue weighted by Gasteiger charge is -2.37. The second kappa shape index (κ2) is 9.70. The molecule has 1 rings (SSSR count). The van der Waals surface area contributed by atoms with Crippen LogP contribution in [0, 0.1) is 5.92 Å². The van der Waals surface area contributed by atoms with Crippen molar-refractivity contribution >= 4 is 0 Å². The van der Waals surface area contributed by atoms with Gasteiger partial charge in [-0.15, -0.1) is 0 Å². The lowest BCUT2D eigenvalue weighted by atomic mass is 9.94. The standard InChI is InChI=1S/C15H30O4/c1-4-5-6-7-8-9-18-11-13-14(16)15(17-3)12(2)10-19-13/h12-16H,4-11H2,1-3H3. The van der Waals surface area contributed by atoms with Crippen molar-refractivity contribution in [2.45, 2.75) is 64.3 Å². The van der Waals surface area contributed by atoms with Crippen molar-refractivity contribution in [1.29, 1.82) is 0 Å². The molecule has 0 bridgehead atoms. The van der Waals surface area contributed by atoms with Crippen LogP contribution in [-0.4, -0.2) is 50.3 Å².